The fourth-order valence-electron chi connectivity index (χ4n) is 1.42. The van der Waals surface area contributed by atoms with Gasteiger partial charge < -0.3 is 16.3 Å². The van der Waals surface area contributed by atoms with Gasteiger partial charge in [-0.25, -0.2) is 0 Å². The molecule has 0 heterocycles. The van der Waals surface area contributed by atoms with Gasteiger partial charge in [-0.15, -0.1) is 0 Å². The fourth-order valence-corrected chi connectivity index (χ4v) is 1.42. The number of halogens is 3. The van der Waals surface area contributed by atoms with Crippen molar-refractivity contribution in [3.8, 4) is 0 Å². The second kappa shape index (κ2) is 5.38. The minimum Gasteiger partial charge on any atom is -0.409 e. The number of hydrogen-bond donors (Lipinski definition) is 3. The number of amidine groups is 1. The van der Waals surface area contributed by atoms with E-state index in [9.17, 15) is 13.2 Å². The summed E-state index contributed by atoms with van der Waals surface area (Å²) in [5.74, 6) is -2.05. The van der Waals surface area contributed by atoms with Gasteiger partial charge in [0.25, 0.3) is 0 Å². The minimum absolute atomic E-state index is 0.341. The molecule has 1 fully saturated rings. The number of oxime groups is 1. The van der Waals surface area contributed by atoms with Crippen molar-refractivity contribution in [3.05, 3.63) is 0 Å². The molecule has 0 aliphatic heterocycles. The molecule has 0 radical (unpaired) electrons. The van der Waals surface area contributed by atoms with E-state index in [1.165, 1.54) is 12.8 Å². The number of alkyl halides is 3. The maximum atomic E-state index is 12.4. The smallest absolute Gasteiger partial charge is 0.400 e. The number of rotatable bonds is 6. The molecular weight excluding hydrogens is 223 g/mol. The molecule has 4 nitrogen and oxygen atoms in total. The first-order valence-electron chi connectivity index (χ1n) is 5.20. The normalized spacial score (nSPS) is 19.8. The monoisotopic (exact) mass is 239 g/mol. The summed E-state index contributed by atoms with van der Waals surface area (Å²) in [6.45, 7) is 0.196. The molecule has 94 valence electrons. The van der Waals surface area contributed by atoms with Crippen LogP contribution in [0.4, 0.5) is 13.2 Å². The summed E-state index contributed by atoms with van der Waals surface area (Å²) in [4.78, 5) is 0. The largest absolute Gasteiger partial charge is 0.409 e. The number of nitrogens with zero attached hydrogens (tertiary/aromatic N) is 1. The summed E-state index contributed by atoms with van der Waals surface area (Å²) in [5.41, 5.74) is 5.00. The molecule has 0 spiro atoms. The number of nitrogens with two attached hydrogens (primary N) is 1. The molecule has 0 bridgehead atoms. The Balaban J connectivity index is 2.31. The summed E-state index contributed by atoms with van der Waals surface area (Å²) in [6.07, 6.45) is -1.25. The zero-order chi connectivity index (χ0) is 12.2. The third-order valence-electron chi connectivity index (χ3n) is 2.64. The van der Waals surface area contributed by atoms with Crippen molar-refractivity contribution in [3.63, 3.8) is 0 Å². The van der Waals surface area contributed by atoms with Crippen LogP contribution in [0.25, 0.3) is 0 Å². The molecule has 1 unspecified atom stereocenters. The van der Waals surface area contributed by atoms with Gasteiger partial charge in [-0.1, -0.05) is 18.0 Å². The van der Waals surface area contributed by atoms with E-state index in [1.807, 2.05) is 0 Å². The summed E-state index contributed by atoms with van der Waals surface area (Å²) in [6, 6.07) is 0. The Labute approximate surface area is 91.7 Å². The minimum atomic E-state index is -4.48. The summed E-state index contributed by atoms with van der Waals surface area (Å²) < 4.78 is 37.3. The van der Waals surface area contributed by atoms with Crippen LogP contribution >= 0.6 is 0 Å². The molecule has 1 aliphatic carbocycles. The molecule has 1 atom stereocenters. The van der Waals surface area contributed by atoms with Crippen LogP contribution in [-0.4, -0.2) is 30.3 Å². The van der Waals surface area contributed by atoms with Gasteiger partial charge in [0.2, 0.25) is 0 Å². The first-order valence-corrected chi connectivity index (χ1v) is 5.20. The summed E-state index contributed by atoms with van der Waals surface area (Å²) in [5, 5.41) is 13.4. The van der Waals surface area contributed by atoms with Gasteiger partial charge in [0.05, 0.1) is 0 Å². The van der Waals surface area contributed by atoms with Crippen LogP contribution in [0.1, 0.15) is 19.3 Å². The van der Waals surface area contributed by atoms with Crippen molar-refractivity contribution < 1.29 is 18.4 Å². The Bertz CT molecular complexity index is 251. The Hall–Kier alpha value is -0.980. The molecule has 4 N–H and O–H groups in total. The highest BCUT2D eigenvalue weighted by atomic mass is 19.4. The van der Waals surface area contributed by atoms with Crippen molar-refractivity contribution in [1.29, 1.82) is 0 Å². The zero-order valence-electron chi connectivity index (χ0n) is 8.80. The van der Waals surface area contributed by atoms with Crippen molar-refractivity contribution >= 4 is 5.84 Å². The lowest BCUT2D eigenvalue weighted by Gasteiger charge is -2.19. The summed E-state index contributed by atoms with van der Waals surface area (Å²) >= 11 is 0. The van der Waals surface area contributed by atoms with Gasteiger partial charge in [0.1, 0.15) is 5.92 Å². The molecule has 1 saturated carbocycles. The lowest BCUT2D eigenvalue weighted by molar-refractivity contribution is -0.154. The van der Waals surface area contributed by atoms with E-state index in [2.05, 4.69) is 10.5 Å². The third-order valence-corrected chi connectivity index (χ3v) is 2.64. The van der Waals surface area contributed by atoms with Gasteiger partial charge >= 0.3 is 6.18 Å². The molecule has 0 aromatic heterocycles. The van der Waals surface area contributed by atoms with Crippen LogP contribution in [0.5, 0.6) is 0 Å². The molecule has 0 saturated heterocycles. The van der Waals surface area contributed by atoms with E-state index in [-0.39, 0.29) is 6.54 Å². The van der Waals surface area contributed by atoms with E-state index < -0.39 is 17.9 Å². The van der Waals surface area contributed by atoms with Crippen LogP contribution in [0.3, 0.4) is 0 Å². The predicted molar refractivity (Wildman–Crippen MR) is 53.2 cm³/mol. The van der Waals surface area contributed by atoms with Gasteiger partial charge in [-0.05, 0) is 18.9 Å². The molecule has 0 amide bonds. The molecule has 0 aromatic rings. The highest BCUT2D eigenvalue weighted by Gasteiger charge is 2.42. The van der Waals surface area contributed by atoms with Gasteiger partial charge in [0.15, 0.2) is 5.84 Å². The van der Waals surface area contributed by atoms with E-state index in [0.717, 1.165) is 6.42 Å². The van der Waals surface area contributed by atoms with Crippen molar-refractivity contribution in [2.75, 3.05) is 13.1 Å². The fraction of sp³-hybridized carbons (Fsp3) is 0.889. The van der Waals surface area contributed by atoms with E-state index in [1.54, 1.807) is 0 Å². The van der Waals surface area contributed by atoms with Gasteiger partial charge in [0, 0.05) is 6.54 Å². The van der Waals surface area contributed by atoms with Crippen molar-refractivity contribution in [2.45, 2.75) is 25.4 Å². The lowest BCUT2D eigenvalue weighted by Crippen LogP contribution is -2.43. The van der Waals surface area contributed by atoms with E-state index in [4.69, 9.17) is 10.9 Å². The van der Waals surface area contributed by atoms with E-state index >= 15 is 0 Å². The van der Waals surface area contributed by atoms with Crippen LogP contribution in [0.15, 0.2) is 5.16 Å². The maximum absolute atomic E-state index is 12.4. The Morgan fingerprint density at radius 1 is 1.50 bits per heavy atom. The molecule has 1 aliphatic rings. The van der Waals surface area contributed by atoms with Crippen molar-refractivity contribution in [2.24, 2.45) is 22.7 Å². The first-order chi connectivity index (χ1) is 7.45. The van der Waals surface area contributed by atoms with Gasteiger partial charge in [-0.2, -0.15) is 13.2 Å². The average Bonchev–Trinajstić information content (AvgIpc) is 2.98. The second-order valence-electron chi connectivity index (χ2n) is 4.06. The number of nitrogens with one attached hydrogen (secondary N) is 1. The standard InChI is InChI=1S/C9H16F3N3O/c10-9(11,12)7(8(13)15-16)5-14-4-3-6-1-2-6/h6-7,14,16H,1-5H2,(H2,13,15). The van der Waals surface area contributed by atoms with Gasteiger partial charge in [-0.3, -0.25) is 0 Å². The third kappa shape index (κ3) is 4.26. The van der Waals surface area contributed by atoms with Crippen LogP contribution < -0.4 is 11.1 Å². The highest BCUT2D eigenvalue weighted by molar-refractivity contribution is 5.83. The van der Waals surface area contributed by atoms with Crippen LogP contribution in [0.2, 0.25) is 0 Å². The topological polar surface area (TPSA) is 70.6 Å². The predicted octanol–water partition coefficient (Wildman–Crippen LogP) is 1.30. The summed E-state index contributed by atoms with van der Waals surface area (Å²) in [7, 11) is 0. The second-order valence-corrected chi connectivity index (χ2v) is 4.06. The molecular formula is C9H16F3N3O. The molecule has 7 heteroatoms. The zero-order valence-corrected chi connectivity index (χ0v) is 8.80. The quantitative estimate of drug-likeness (QED) is 0.215. The highest BCUT2D eigenvalue weighted by Crippen LogP contribution is 2.31. The Morgan fingerprint density at radius 3 is 2.56 bits per heavy atom. The van der Waals surface area contributed by atoms with Crippen LogP contribution in [0, 0.1) is 11.8 Å². The maximum Gasteiger partial charge on any atom is 0.400 e. The first kappa shape index (κ1) is 13.1. The average molecular weight is 239 g/mol. The van der Waals surface area contributed by atoms with E-state index in [0.29, 0.717) is 12.5 Å². The molecule has 16 heavy (non-hydrogen) atoms. The Morgan fingerprint density at radius 2 is 2.12 bits per heavy atom. The van der Waals surface area contributed by atoms with Crippen molar-refractivity contribution in [1.82, 2.24) is 5.32 Å². The molecule has 1 rings (SSSR count). The Kier molecular flexibility index (Phi) is 4.40. The SMILES string of the molecule is NC(=NO)C(CNCCC1CC1)C(F)(F)F. The number of hydrogen-bond acceptors (Lipinski definition) is 3. The van der Waals surface area contributed by atoms with Crippen LogP contribution in [-0.2, 0) is 0 Å². The molecule has 0 aromatic carbocycles. The lowest BCUT2D eigenvalue weighted by atomic mass is 10.1.